The van der Waals surface area contributed by atoms with E-state index in [0.717, 1.165) is 5.56 Å². The second-order valence-corrected chi connectivity index (χ2v) is 3.72. The first-order chi connectivity index (χ1) is 5.74. The molecule has 0 unspecified atom stereocenters. The highest BCUT2D eigenvalue weighted by atomic mass is 35.5. The van der Waals surface area contributed by atoms with Crippen molar-refractivity contribution in [1.29, 1.82) is 0 Å². The largest absolute Gasteiger partial charge is 0.466 e. The molecule has 2 nitrogen and oxygen atoms in total. The van der Waals surface area contributed by atoms with Gasteiger partial charge in [0.1, 0.15) is 0 Å². The molecule has 0 aliphatic rings. The summed E-state index contributed by atoms with van der Waals surface area (Å²) in [5.74, 6) is -0.224. The standard InChI is InChI=1S/C8H9ClO2S/c1-2-11-7(10)5-6-3-4-12-8(6)9/h3-4H,2,5H2,1H3. The second-order valence-electron chi connectivity index (χ2n) is 2.20. The van der Waals surface area contributed by atoms with Crippen LogP contribution in [0.1, 0.15) is 12.5 Å². The summed E-state index contributed by atoms with van der Waals surface area (Å²) < 4.78 is 5.45. The molecule has 0 bridgehead atoms. The first-order valence-electron chi connectivity index (χ1n) is 3.61. The SMILES string of the molecule is CCOC(=O)Cc1ccsc1Cl. The van der Waals surface area contributed by atoms with Crippen molar-refractivity contribution in [1.82, 2.24) is 0 Å². The van der Waals surface area contributed by atoms with E-state index in [9.17, 15) is 4.79 Å². The van der Waals surface area contributed by atoms with Crippen LogP contribution in [0.3, 0.4) is 0 Å². The van der Waals surface area contributed by atoms with E-state index in [4.69, 9.17) is 16.3 Å². The van der Waals surface area contributed by atoms with Gasteiger partial charge in [0.15, 0.2) is 0 Å². The molecule has 1 aromatic rings. The first kappa shape index (κ1) is 9.55. The smallest absolute Gasteiger partial charge is 0.310 e. The van der Waals surface area contributed by atoms with Crippen molar-refractivity contribution in [2.24, 2.45) is 0 Å². The molecule has 0 saturated carbocycles. The Morgan fingerprint density at radius 2 is 2.50 bits per heavy atom. The maximum atomic E-state index is 11.0. The van der Waals surface area contributed by atoms with Crippen LogP contribution >= 0.6 is 22.9 Å². The first-order valence-corrected chi connectivity index (χ1v) is 4.87. The molecule has 0 aliphatic carbocycles. The molecule has 4 heteroatoms. The van der Waals surface area contributed by atoms with Gasteiger partial charge in [0.2, 0.25) is 0 Å². The summed E-state index contributed by atoms with van der Waals surface area (Å²) in [6.45, 7) is 2.20. The van der Waals surface area contributed by atoms with Gasteiger partial charge >= 0.3 is 5.97 Å². The van der Waals surface area contributed by atoms with Crippen molar-refractivity contribution in [3.8, 4) is 0 Å². The summed E-state index contributed by atoms with van der Waals surface area (Å²) in [5.41, 5.74) is 0.847. The molecular formula is C8H9ClO2S. The predicted octanol–water partition coefficient (Wildman–Crippen LogP) is 2.51. The average Bonchev–Trinajstić information content (AvgIpc) is 2.37. The van der Waals surface area contributed by atoms with Gasteiger partial charge < -0.3 is 4.74 Å². The minimum Gasteiger partial charge on any atom is -0.466 e. The molecule has 0 fully saturated rings. The van der Waals surface area contributed by atoms with Gasteiger partial charge in [0, 0.05) is 0 Å². The zero-order chi connectivity index (χ0) is 8.97. The summed E-state index contributed by atoms with van der Waals surface area (Å²) in [7, 11) is 0. The number of carbonyl (C=O) groups is 1. The number of esters is 1. The van der Waals surface area contributed by atoms with Gasteiger partial charge in [-0.05, 0) is 23.9 Å². The Balaban J connectivity index is 2.52. The Bertz CT molecular complexity index is 270. The number of thiophene rings is 1. The van der Waals surface area contributed by atoms with Crippen LogP contribution in [0, 0.1) is 0 Å². The highest BCUT2D eigenvalue weighted by molar-refractivity contribution is 7.14. The van der Waals surface area contributed by atoms with Gasteiger partial charge in [-0.15, -0.1) is 11.3 Å². The minimum absolute atomic E-state index is 0.224. The third kappa shape index (κ3) is 2.50. The Morgan fingerprint density at radius 1 is 1.75 bits per heavy atom. The maximum absolute atomic E-state index is 11.0. The summed E-state index contributed by atoms with van der Waals surface area (Å²) in [6, 6.07) is 1.84. The van der Waals surface area contributed by atoms with Crippen LogP contribution in [0.4, 0.5) is 0 Å². The lowest BCUT2D eigenvalue weighted by molar-refractivity contribution is -0.142. The molecule has 12 heavy (non-hydrogen) atoms. The minimum atomic E-state index is -0.224. The van der Waals surface area contributed by atoms with Crippen LogP contribution < -0.4 is 0 Å². The molecule has 0 amide bonds. The van der Waals surface area contributed by atoms with Crippen molar-refractivity contribution in [2.45, 2.75) is 13.3 Å². The van der Waals surface area contributed by atoms with Crippen LogP contribution in [0.2, 0.25) is 4.34 Å². The molecule has 1 heterocycles. The van der Waals surface area contributed by atoms with Crippen LogP contribution in [0.5, 0.6) is 0 Å². The fourth-order valence-corrected chi connectivity index (χ4v) is 1.74. The number of carbonyl (C=O) groups excluding carboxylic acids is 1. The monoisotopic (exact) mass is 204 g/mol. The number of hydrogen-bond donors (Lipinski definition) is 0. The topological polar surface area (TPSA) is 26.3 Å². The average molecular weight is 205 g/mol. The predicted molar refractivity (Wildman–Crippen MR) is 49.7 cm³/mol. The van der Waals surface area contributed by atoms with Gasteiger partial charge in [-0.2, -0.15) is 0 Å². The Labute approximate surface area is 80.1 Å². The maximum Gasteiger partial charge on any atom is 0.310 e. The van der Waals surface area contributed by atoms with Crippen LogP contribution in [-0.2, 0) is 16.0 Å². The van der Waals surface area contributed by atoms with E-state index in [1.54, 1.807) is 6.92 Å². The molecule has 0 spiro atoms. The number of rotatable bonds is 3. The van der Waals surface area contributed by atoms with E-state index < -0.39 is 0 Å². The highest BCUT2D eigenvalue weighted by Gasteiger charge is 2.07. The number of halogens is 1. The van der Waals surface area contributed by atoms with E-state index in [0.29, 0.717) is 10.9 Å². The number of hydrogen-bond acceptors (Lipinski definition) is 3. The van der Waals surface area contributed by atoms with Crippen LogP contribution in [0.15, 0.2) is 11.4 Å². The lowest BCUT2D eigenvalue weighted by Crippen LogP contribution is -2.06. The van der Waals surface area contributed by atoms with Crippen molar-refractivity contribution in [2.75, 3.05) is 6.61 Å². The fourth-order valence-electron chi connectivity index (χ4n) is 0.813. The van der Waals surface area contributed by atoms with Crippen molar-refractivity contribution >= 4 is 28.9 Å². The van der Waals surface area contributed by atoms with Crippen LogP contribution in [0.25, 0.3) is 0 Å². The normalized spacial score (nSPS) is 9.83. The highest BCUT2D eigenvalue weighted by Crippen LogP contribution is 2.23. The molecule has 1 rings (SSSR count). The third-order valence-electron chi connectivity index (χ3n) is 1.33. The second kappa shape index (κ2) is 4.48. The van der Waals surface area contributed by atoms with Crippen LogP contribution in [-0.4, -0.2) is 12.6 Å². The Kier molecular flexibility index (Phi) is 3.56. The van der Waals surface area contributed by atoms with Crippen molar-refractivity contribution < 1.29 is 9.53 Å². The van der Waals surface area contributed by atoms with Crippen molar-refractivity contribution in [3.05, 3.63) is 21.3 Å². The van der Waals surface area contributed by atoms with Crippen molar-refractivity contribution in [3.63, 3.8) is 0 Å². The number of ether oxygens (including phenoxy) is 1. The van der Waals surface area contributed by atoms with Gasteiger partial charge in [-0.1, -0.05) is 11.6 Å². The molecule has 66 valence electrons. The molecule has 1 aromatic heterocycles. The molecule has 0 radical (unpaired) electrons. The van der Waals surface area contributed by atoms with Gasteiger partial charge in [0.25, 0.3) is 0 Å². The third-order valence-corrected chi connectivity index (χ3v) is 2.58. The van der Waals surface area contributed by atoms with E-state index in [1.807, 2.05) is 11.4 Å². The summed E-state index contributed by atoms with van der Waals surface area (Å²) in [5, 5.41) is 1.86. The zero-order valence-electron chi connectivity index (χ0n) is 6.67. The lowest BCUT2D eigenvalue weighted by Gasteiger charge is -1.99. The van der Waals surface area contributed by atoms with E-state index >= 15 is 0 Å². The Morgan fingerprint density at radius 3 is 3.00 bits per heavy atom. The van der Waals surface area contributed by atoms with E-state index in [2.05, 4.69) is 0 Å². The molecule has 0 N–H and O–H groups in total. The van der Waals surface area contributed by atoms with E-state index in [1.165, 1.54) is 11.3 Å². The fraction of sp³-hybridized carbons (Fsp3) is 0.375. The lowest BCUT2D eigenvalue weighted by atomic mass is 10.2. The molecule has 0 aliphatic heterocycles. The summed E-state index contributed by atoms with van der Waals surface area (Å²) in [4.78, 5) is 11.0. The van der Waals surface area contributed by atoms with E-state index in [-0.39, 0.29) is 12.4 Å². The molecule has 0 atom stereocenters. The van der Waals surface area contributed by atoms with Gasteiger partial charge in [0.05, 0.1) is 17.4 Å². The molecule has 0 aromatic carbocycles. The van der Waals surface area contributed by atoms with Gasteiger partial charge in [-0.25, -0.2) is 0 Å². The molecule has 0 saturated heterocycles. The summed E-state index contributed by atoms with van der Waals surface area (Å²) in [6.07, 6.45) is 0.274. The Hall–Kier alpha value is -0.540. The zero-order valence-corrected chi connectivity index (χ0v) is 8.24. The van der Waals surface area contributed by atoms with Gasteiger partial charge in [-0.3, -0.25) is 4.79 Å². The quantitative estimate of drug-likeness (QED) is 0.708. The molecular weight excluding hydrogens is 196 g/mol. The summed E-state index contributed by atoms with van der Waals surface area (Å²) >= 11 is 7.22.